The zero-order valence-corrected chi connectivity index (χ0v) is 14.6. The van der Waals surface area contributed by atoms with E-state index in [1.54, 1.807) is 6.07 Å². The van der Waals surface area contributed by atoms with Crippen LogP contribution in [0.4, 0.5) is 18.9 Å². The van der Waals surface area contributed by atoms with Crippen LogP contribution in [0.1, 0.15) is 36.8 Å². The molecule has 0 radical (unpaired) electrons. The van der Waals surface area contributed by atoms with Gasteiger partial charge in [-0.05, 0) is 50.4 Å². The van der Waals surface area contributed by atoms with Crippen LogP contribution in [0, 0.1) is 0 Å². The van der Waals surface area contributed by atoms with Crippen molar-refractivity contribution in [2.24, 2.45) is 0 Å². The molecule has 3 fully saturated rings. The lowest BCUT2D eigenvalue weighted by Crippen LogP contribution is -2.48. The smallest absolute Gasteiger partial charge is 0.368 e. The summed E-state index contributed by atoms with van der Waals surface area (Å²) in [5.41, 5.74) is 0.790. The molecule has 138 valence electrons. The normalized spacial score (nSPS) is 23.4. The summed E-state index contributed by atoms with van der Waals surface area (Å²) in [7, 11) is 0. The Kier molecular flexibility index (Phi) is 4.67. The second-order valence-electron chi connectivity index (χ2n) is 7.55. The third kappa shape index (κ3) is 3.80. The Balaban J connectivity index is 1.60. The Labute approximate surface area is 147 Å². The minimum absolute atomic E-state index is 0.428. The van der Waals surface area contributed by atoms with Crippen LogP contribution in [0.25, 0.3) is 0 Å². The maximum Gasteiger partial charge on any atom is 0.418 e. The fourth-order valence-corrected chi connectivity index (χ4v) is 4.25. The largest absolute Gasteiger partial charge is 0.418 e. The number of piperazine rings is 1. The molecule has 0 atom stereocenters. The first-order valence-corrected chi connectivity index (χ1v) is 9.43. The average molecular weight is 353 g/mol. The molecule has 0 N–H and O–H groups in total. The van der Waals surface area contributed by atoms with Crippen molar-refractivity contribution in [2.75, 3.05) is 44.2 Å². The fourth-order valence-electron chi connectivity index (χ4n) is 4.25. The lowest BCUT2D eigenvalue weighted by molar-refractivity contribution is -0.137. The minimum Gasteiger partial charge on any atom is -0.368 e. The molecule has 2 saturated heterocycles. The second-order valence-corrected chi connectivity index (χ2v) is 7.55. The van der Waals surface area contributed by atoms with Gasteiger partial charge in [0.1, 0.15) is 0 Å². The molecule has 0 unspecified atom stereocenters. The lowest BCUT2D eigenvalue weighted by atomic mass is 10.0. The number of alkyl halides is 3. The van der Waals surface area contributed by atoms with Gasteiger partial charge in [-0.15, -0.1) is 0 Å². The van der Waals surface area contributed by atoms with Crippen LogP contribution in [-0.4, -0.2) is 55.1 Å². The number of hydrogen-bond acceptors (Lipinski definition) is 3. The molecule has 25 heavy (non-hydrogen) atoms. The van der Waals surface area contributed by atoms with Crippen molar-refractivity contribution in [1.82, 2.24) is 9.80 Å². The van der Waals surface area contributed by atoms with Gasteiger partial charge < -0.3 is 4.90 Å². The minimum atomic E-state index is -4.30. The predicted octanol–water partition coefficient (Wildman–Crippen LogP) is 3.59. The van der Waals surface area contributed by atoms with Crippen LogP contribution in [-0.2, 0) is 12.7 Å². The average Bonchev–Trinajstić information content (AvgIpc) is 3.32. The van der Waals surface area contributed by atoms with Gasteiger partial charge in [0.05, 0.1) is 11.3 Å². The van der Waals surface area contributed by atoms with Crippen LogP contribution < -0.4 is 4.90 Å². The molecule has 0 spiro atoms. The summed E-state index contributed by atoms with van der Waals surface area (Å²) in [4.78, 5) is 6.69. The molecule has 4 rings (SSSR count). The van der Waals surface area contributed by atoms with Gasteiger partial charge in [-0.25, -0.2) is 0 Å². The van der Waals surface area contributed by atoms with Crippen LogP contribution in [0.15, 0.2) is 18.2 Å². The first kappa shape index (κ1) is 17.2. The fraction of sp³-hybridized carbons (Fsp3) is 0.684. The van der Waals surface area contributed by atoms with Gasteiger partial charge >= 0.3 is 6.18 Å². The number of hydrogen-bond donors (Lipinski definition) is 0. The summed E-state index contributed by atoms with van der Waals surface area (Å²) in [5, 5.41) is 0. The Bertz CT molecular complexity index is 598. The second kappa shape index (κ2) is 6.80. The summed E-state index contributed by atoms with van der Waals surface area (Å²) in [5.74, 6) is 0. The molecule has 0 bridgehead atoms. The van der Waals surface area contributed by atoms with E-state index in [1.165, 1.54) is 18.9 Å². The Morgan fingerprint density at radius 2 is 1.60 bits per heavy atom. The standard InChI is InChI=1S/C19H26F3N3/c20-19(21,22)17-5-3-4-15(14-23-8-1-2-9-23)18(17)25-12-10-24(11-13-25)16-6-7-16/h3-5,16H,1-2,6-14H2. The quantitative estimate of drug-likeness (QED) is 0.819. The van der Waals surface area contributed by atoms with Gasteiger partial charge in [-0.1, -0.05) is 12.1 Å². The first-order chi connectivity index (χ1) is 12.0. The van der Waals surface area contributed by atoms with E-state index < -0.39 is 11.7 Å². The van der Waals surface area contributed by atoms with Gasteiger partial charge in [0.2, 0.25) is 0 Å². The maximum atomic E-state index is 13.7. The zero-order valence-electron chi connectivity index (χ0n) is 14.6. The van der Waals surface area contributed by atoms with Crippen LogP contribution in [0.2, 0.25) is 0 Å². The zero-order chi connectivity index (χ0) is 17.4. The molecular weight excluding hydrogens is 327 g/mol. The number of halogens is 3. The molecule has 6 heteroatoms. The maximum absolute atomic E-state index is 13.7. The molecule has 1 aliphatic carbocycles. The van der Waals surface area contributed by atoms with Crippen molar-refractivity contribution in [3.63, 3.8) is 0 Å². The summed E-state index contributed by atoms with van der Waals surface area (Å²) in [6.45, 7) is 5.74. The predicted molar refractivity (Wildman–Crippen MR) is 92.8 cm³/mol. The first-order valence-electron chi connectivity index (χ1n) is 9.43. The third-order valence-corrected chi connectivity index (χ3v) is 5.71. The molecule has 3 nitrogen and oxygen atoms in total. The molecule has 0 aromatic heterocycles. The van der Waals surface area contributed by atoms with Crippen molar-refractivity contribution in [2.45, 2.75) is 44.4 Å². The Morgan fingerprint density at radius 3 is 2.20 bits per heavy atom. The van der Waals surface area contributed by atoms with E-state index in [1.807, 2.05) is 11.0 Å². The number of likely N-dealkylation sites (tertiary alicyclic amines) is 1. The molecule has 0 amide bonds. The van der Waals surface area contributed by atoms with E-state index in [2.05, 4.69) is 9.80 Å². The number of nitrogens with zero attached hydrogens (tertiary/aromatic N) is 3. The number of benzene rings is 1. The Hall–Kier alpha value is -1.27. The molecule has 1 aromatic rings. The number of anilines is 1. The molecule has 1 aromatic carbocycles. The van der Waals surface area contributed by atoms with Crippen molar-refractivity contribution >= 4 is 5.69 Å². The van der Waals surface area contributed by atoms with Crippen molar-refractivity contribution in [3.05, 3.63) is 29.3 Å². The van der Waals surface area contributed by atoms with Crippen LogP contribution in [0.5, 0.6) is 0 Å². The summed E-state index contributed by atoms with van der Waals surface area (Å²) in [6, 6.07) is 5.38. The summed E-state index contributed by atoms with van der Waals surface area (Å²) < 4.78 is 41.0. The van der Waals surface area contributed by atoms with E-state index in [0.717, 1.165) is 44.6 Å². The van der Waals surface area contributed by atoms with Crippen molar-refractivity contribution in [1.29, 1.82) is 0 Å². The van der Waals surface area contributed by atoms with Gasteiger partial charge in [-0.3, -0.25) is 9.80 Å². The highest BCUT2D eigenvalue weighted by Crippen LogP contribution is 2.40. The Morgan fingerprint density at radius 1 is 0.920 bits per heavy atom. The van der Waals surface area contributed by atoms with E-state index in [9.17, 15) is 13.2 Å². The number of rotatable bonds is 4. The van der Waals surface area contributed by atoms with E-state index >= 15 is 0 Å². The van der Waals surface area contributed by atoms with Gasteiger partial charge in [-0.2, -0.15) is 13.2 Å². The third-order valence-electron chi connectivity index (χ3n) is 5.71. The highest BCUT2D eigenvalue weighted by molar-refractivity contribution is 5.61. The van der Waals surface area contributed by atoms with Gasteiger partial charge in [0.15, 0.2) is 0 Å². The molecule has 2 aliphatic heterocycles. The van der Waals surface area contributed by atoms with Crippen molar-refractivity contribution < 1.29 is 13.2 Å². The van der Waals surface area contributed by atoms with Gasteiger partial charge in [0, 0.05) is 38.8 Å². The molecule has 1 saturated carbocycles. The molecular formula is C19H26F3N3. The van der Waals surface area contributed by atoms with E-state index in [0.29, 0.717) is 31.4 Å². The van der Waals surface area contributed by atoms with Crippen LogP contribution >= 0.6 is 0 Å². The molecule has 3 aliphatic rings. The lowest BCUT2D eigenvalue weighted by Gasteiger charge is -2.38. The summed E-state index contributed by atoms with van der Waals surface area (Å²) in [6.07, 6.45) is 0.491. The highest BCUT2D eigenvalue weighted by Gasteiger charge is 2.38. The monoisotopic (exact) mass is 353 g/mol. The SMILES string of the molecule is FC(F)(F)c1cccc(CN2CCCC2)c1N1CCN(C2CC2)CC1. The number of para-hydroxylation sites is 1. The van der Waals surface area contributed by atoms with Gasteiger partial charge in [0.25, 0.3) is 0 Å². The van der Waals surface area contributed by atoms with Crippen molar-refractivity contribution in [3.8, 4) is 0 Å². The van der Waals surface area contributed by atoms with Crippen LogP contribution in [0.3, 0.4) is 0 Å². The molecule has 2 heterocycles. The topological polar surface area (TPSA) is 9.72 Å². The van der Waals surface area contributed by atoms with E-state index in [-0.39, 0.29) is 0 Å². The highest BCUT2D eigenvalue weighted by atomic mass is 19.4. The summed E-state index contributed by atoms with van der Waals surface area (Å²) >= 11 is 0. The van der Waals surface area contributed by atoms with E-state index in [4.69, 9.17) is 0 Å².